The number of allylic oxidation sites excluding steroid dienone is 1. The lowest BCUT2D eigenvalue weighted by Gasteiger charge is -2.07. The quantitative estimate of drug-likeness (QED) is 0.615. The fraction of sp³-hybridized carbons (Fsp3) is 0.700. The van der Waals surface area contributed by atoms with Crippen molar-refractivity contribution in [2.45, 2.75) is 39.7 Å². The number of hydrogen-bond donors (Lipinski definition) is 1. The maximum Gasteiger partial charge on any atom is 0.150 e. The average molecular weight is 169 g/mol. The smallest absolute Gasteiger partial charge is 0.150 e. The number of rotatable bonds is 6. The second-order valence-electron chi connectivity index (χ2n) is 3.35. The predicted octanol–water partition coefficient (Wildman–Crippen LogP) is 1.91. The van der Waals surface area contributed by atoms with Gasteiger partial charge in [0.1, 0.15) is 0 Å². The van der Waals surface area contributed by atoms with Gasteiger partial charge in [0.15, 0.2) is 5.78 Å². The lowest BCUT2D eigenvalue weighted by molar-refractivity contribution is -0.117. The Morgan fingerprint density at radius 2 is 2.08 bits per heavy atom. The molecule has 0 spiro atoms. The van der Waals surface area contributed by atoms with Crippen molar-refractivity contribution in [2.75, 3.05) is 6.54 Å². The average Bonchev–Trinajstić information content (AvgIpc) is 2.00. The van der Waals surface area contributed by atoms with Crippen LogP contribution in [0.5, 0.6) is 0 Å². The summed E-state index contributed by atoms with van der Waals surface area (Å²) in [5.41, 5.74) is 1.02. The Kier molecular flexibility index (Phi) is 5.64. The number of ketones is 1. The summed E-state index contributed by atoms with van der Waals surface area (Å²) in [6, 6.07) is 0.379. The van der Waals surface area contributed by atoms with Gasteiger partial charge in [-0.15, -0.1) is 0 Å². The van der Waals surface area contributed by atoms with Gasteiger partial charge < -0.3 is 5.32 Å². The SMILES string of the molecule is C=C(CC)CC(=O)CNC(C)C. The van der Waals surface area contributed by atoms with Gasteiger partial charge in [-0.1, -0.05) is 32.9 Å². The first-order valence-corrected chi connectivity index (χ1v) is 4.48. The van der Waals surface area contributed by atoms with Crippen molar-refractivity contribution < 1.29 is 4.79 Å². The molecule has 0 bridgehead atoms. The van der Waals surface area contributed by atoms with Crippen LogP contribution in [0.2, 0.25) is 0 Å². The van der Waals surface area contributed by atoms with Crippen molar-refractivity contribution >= 4 is 5.78 Å². The van der Waals surface area contributed by atoms with Gasteiger partial charge in [-0.05, 0) is 6.42 Å². The normalized spacial score (nSPS) is 10.3. The largest absolute Gasteiger partial charge is 0.308 e. The zero-order valence-corrected chi connectivity index (χ0v) is 8.31. The highest BCUT2D eigenvalue weighted by molar-refractivity contribution is 5.82. The van der Waals surface area contributed by atoms with Crippen LogP contribution in [0.4, 0.5) is 0 Å². The number of nitrogens with one attached hydrogen (secondary N) is 1. The van der Waals surface area contributed by atoms with E-state index in [-0.39, 0.29) is 5.78 Å². The Bertz CT molecular complexity index is 161. The zero-order valence-electron chi connectivity index (χ0n) is 8.31. The van der Waals surface area contributed by atoms with E-state index >= 15 is 0 Å². The van der Waals surface area contributed by atoms with E-state index in [1.165, 1.54) is 0 Å². The molecule has 1 N–H and O–H groups in total. The minimum Gasteiger partial charge on any atom is -0.308 e. The summed E-state index contributed by atoms with van der Waals surface area (Å²) in [6.07, 6.45) is 1.42. The molecule has 0 saturated carbocycles. The molecule has 0 fully saturated rings. The standard InChI is InChI=1S/C10H19NO/c1-5-9(4)6-10(12)7-11-8(2)3/h8,11H,4-7H2,1-3H3. The van der Waals surface area contributed by atoms with E-state index in [4.69, 9.17) is 0 Å². The molecule has 0 radical (unpaired) electrons. The highest BCUT2D eigenvalue weighted by Crippen LogP contribution is 2.02. The minimum atomic E-state index is 0.232. The van der Waals surface area contributed by atoms with Gasteiger partial charge in [-0.25, -0.2) is 0 Å². The third kappa shape index (κ3) is 6.10. The number of carbonyl (C=O) groups is 1. The Labute approximate surface area is 75.0 Å². The Hall–Kier alpha value is -0.630. The van der Waals surface area contributed by atoms with Crippen LogP contribution < -0.4 is 5.32 Å². The Morgan fingerprint density at radius 3 is 2.50 bits per heavy atom. The predicted molar refractivity (Wildman–Crippen MR) is 52.2 cm³/mol. The molecule has 2 heteroatoms. The molecule has 0 aromatic carbocycles. The summed E-state index contributed by atoms with van der Waals surface area (Å²) in [5.74, 6) is 0.232. The lowest BCUT2D eigenvalue weighted by atomic mass is 10.1. The molecule has 0 aliphatic carbocycles. The van der Waals surface area contributed by atoms with Crippen molar-refractivity contribution in [3.05, 3.63) is 12.2 Å². The fourth-order valence-electron chi connectivity index (χ4n) is 0.784. The second-order valence-corrected chi connectivity index (χ2v) is 3.35. The number of carbonyl (C=O) groups excluding carboxylic acids is 1. The van der Waals surface area contributed by atoms with Gasteiger partial charge >= 0.3 is 0 Å². The Balaban J connectivity index is 3.53. The molecule has 0 heterocycles. The van der Waals surface area contributed by atoms with Crippen LogP contribution in [-0.2, 0) is 4.79 Å². The summed E-state index contributed by atoms with van der Waals surface area (Å²) in [4.78, 5) is 11.2. The summed E-state index contributed by atoms with van der Waals surface area (Å²) in [6.45, 7) is 10.3. The molecule has 0 amide bonds. The second kappa shape index (κ2) is 5.95. The topological polar surface area (TPSA) is 29.1 Å². The molecule has 0 aromatic heterocycles. The third-order valence-corrected chi connectivity index (χ3v) is 1.65. The summed E-state index contributed by atoms with van der Waals surface area (Å²) in [5, 5.41) is 3.08. The fourth-order valence-corrected chi connectivity index (χ4v) is 0.784. The molecule has 0 rings (SSSR count). The van der Waals surface area contributed by atoms with Crippen LogP contribution in [0.15, 0.2) is 12.2 Å². The summed E-state index contributed by atoms with van der Waals surface area (Å²) in [7, 11) is 0. The van der Waals surface area contributed by atoms with E-state index in [1.807, 2.05) is 20.8 Å². The van der Waals surface area contributed by atoms with Crippen molar-refractivity contribution in [3.8, 4) is 0 Å². The van der Waals surface area contributed by atoms with E-state index in [0.717, 1.165) is 12.0 Å². The van der Waals surface area contributed by atoms with Crippen LogP contribution in [0.25, 0.3) is 0 Å². The first-order chi connectivity index (χ1) is 5.56. The van der Waals surface area contributed by atoms with Gasteiger partial charge in [-0.2, -0.15) is 0 Å². The van der Waals surface area contributed by atoms with Crippen molar-refractivity contribution in [2.24, 2.45) is 0 Å². The van der Waals surface area contributed by atoms with Crippen molar-refractivity contribution in [1.82, 2.24) is 5.32 Å². The van der Waals surface area contributed by atoms with E-state index in [9.17, 15) is 4.79 Å². The minimum absolute atomic E-state index is 0.232. The van der Waals surface area contributed by atoms with Crippen molar-refractivity contribution in [3.63, 3.8) is 0 Å². The zero-order chi connectivity index (χ0) is 9.56. The lowest BCUT2D eigenvalue weighted by Crippen LogP contribution is -2.29. The third-order valence-electron chi connectivity index (χ3n) is 1.65. The highest BCUT2D eigenvalue weighted by atomic mass is 16.1. The molecule has 0 aromatic rings. The highest BCUT2D eigenvalue weighted by Gasteiger charge is 2.03. The van der Waals surface area contributed by atoms with Gasteiger partial charge in [0.25, 0.3) is 0 Å². The molecular formula is C10H19NO. The number of hydrogen-bond acceptors (Lipinski definition) is 2. The molecule has 0 unspecified atom stereocenters. The monoisotopic (exact) mass is 169 g/mol. The van der Waals surface area contributed by atoms with E-state index in [1.54, 1.807) is 0 Å². The van der Waals surface area contributed by atoms with Crippen LogP contribution in [-0.4, -0.2) is 18.4 Å². The molecule has 0 aliphatic heterocycles. The van der Waals surface area contributed by atoms with Crippen LogP contribution in [0, 0.1) is 0 Å². The molecule has 70 valence electrons. The van der Waals surface area contributed by atoms with Gasteiger partial charge in [0.2, 0.25) is 0 Å². The maximum absolute atomic E-state index is 11.2. The van der Waals surface area contributed by atoms with Gasteiger partial charge in [0.05, 0.1) is 6.54 Å². The van der Waals surface area contributed by atoms with Gasteiger partial charge in [-0.3, -0.25) is 4.79 Å². The molecular weight excluding hydrogens is 150 g/mol. The summed E-state index contributed by atoms with van der Waals surface area (Å²) < 4.78 is 0. The van der Waals surface area contributed by atoms with E-state index in [0.29, 0.717) is 19.0 Å². The van der Waals surface area contributed by atoms with Crippen LogP contribution >= 0.6 is 0 Å². The van der Waals surface area contributed by atoms with Crippen LogP contribution in [0.3, 0.4) is 0 Å². The summed E-state index contributed by atoms with van der Waals surface area (Å²) >= 11 is 0. The first kappa shape index (κ1) is 11.4. The molecule has 0 aliphatic rings. The van der Waals surface area contributed by atoms with E-state index in [2.05, 4.69) is 11.9 Å². The molecule has 12 heavy (non-hydrogen) atoms. The maximum atomic E-state index is 11.2. The molecule has 2 nitrogen and oxygen atoms in total. The van der Waals surface area contributed by atoms with Crippen molar-refractivity contribution in [1.29, 1.82) is 0 Å². The molecule has 0 saturated heterocycles. The van der Waals surface area contributed by atoms with E-state index < -0.39 is 0 Å². The van der Waals surface area contributed by atoms with Crippen LogP contribution in [0.1, 0.15) is 33.6 Å². The van der Waals surface area contributed by atoms with Gasteiger partial charge in [0, 0.05) is 12.5 Å². The molecule has 0 atom stereocenters. The Morgan fingerprint density at radius 1 is 1.50 bits per heavy atom. The first-order valence-electron chi connectivity index (χ1n) is 4.48. The number of Topliss-reactive ketones (excluding diaryl/α,β-unsaturated/α-hetero) is 1.